The van der Waals surface area contributed by atoms with Crippen molar-refractivity contribution in [1.29, 1.82) is 0 Å². The van der Waals surface area contributed by atoms with E-state index in [1.807, 2.05) is 26.8 Å². The predicted molar refractivity (Wildman–Crippen MR) is 66.8 cm³/mol. The maximum atomic E-state index is 12.0. The van der Waals surface area contributed by atoms with Crippen LogP contribution in [0, 0.1) is 5.41 Å². The van der Waals surface area contributed by atoms with Crippen molar-refractivity contribution in [2.24, 2.45) is 5.41 Å². The fourth-order valence-corrected chi connectivity index (χ4v) is 2.23. The second kappa shape index (κ2) is 3.63. The molecule has 0 saturated carbocycles. The molecule has 1 aliphatic carbocycles. The SMILES string of the molecule is CC(=S)C1=C(S)C(C)=CC(C)(C)C1=O. The minimum Gasteiger partial charge on any atom is -0.293 e. The highest BCUT2D eigenvalue weighted by molar-refractivity contribution is 7.85. The van der Waals surface area contributed by atoms with E-state index in [9.17, 15) is 4.79 Å². The van der Waals surface area contributed by atoms with E-state index in [2.05, 4.69) is 12.6 Å². The van der Waals surface area contributed by atoms with Gasteiger partial charge in [0.15, 0.2) is 5.78 Å². The lowest BCUT2D eigenvalue weighted by molar-refractivity contribution is -0.120. The molecule has 0 spiro atoms. The van der Waals surface area contributed by atoms with Crippen molar-refractivity contribution in [2.75, 3.05) is 0 Å². The molecule has 0 saturated heterocycles. The smallest absolute Gasteiger partial charge is 0.174 e. The number of hydrogen-bond donors (Lipinski definition) is 1. The number of allylic oxidation sites excluding steroid dienone is 3. The zero-order valence-corrected chi connectivity index (χ0v) is 10.6. The Kier molecular flexibility index (Phi) is 3.02. The number of carbonyl (C=O) groups excluding carboxylic acids is 1. The zero-order chi connectivity index (χ0) is 11.1. The second-order valence-electron chi connectivity index (χ2n) is 4.16. The zero-order valence-electron chi connectivity index (χ0n) is 8.84. The number of thiol groups is 1. The molecule has 0 N–H and O–H groups in total. The van der Waals surface area contributed by atoms with Crippen LogP contribution >= 0.6 is 24.8 Å². The van der Waals surface area contributed by atoms with Crippen LogP contribution in [0.4, 0.5) is 0 Å². The monoisotopic (exact) mass is 226 g/mol. The summed E-state index contributed by atoms with van der Waals surface area (Å²) in [6, 6.07) is 0. The lowest BCUT2D eigenvalue weighted by Gasteiger charge is -2.27. The van der Waals surface area contributed by atoms with E-state index in [1.165, 1.54) is 0 Å². The minimum atomic E-state index is -0.453. The van der Waals surface area contributed by atoms with Gasteiger partial charge in [0.2, 0.25) is 0 Å². The Bertz CT molecular complexity index is 373. The molecule has 0 atom stereocenters. The van der Waals surface area contributed by atoms with Crippen molar-refractivity contribution in [3.63, 3.8) is 0 Å². The summed E-state index contributed by atoms with van der Waals surface area (Å²) in [5, 5.41) is 0. The Hall–Kier alpha value is -0.410. The van der Waals surface area contributed by atoms with E-state index in [0.29, 0.717) is 10.4 Å². The van der Waals surface area contributed by atoms with Crippen LogP contribution < -0.4 is 0 Å². The largest absolute Gasteiger partial charge is 0.293 e. The van der Waals surface area contributed by atoms with Crippen molar-refractivity contribution in [3.05, 3.63) is 22.1 Å². The van der Waals surface area contributed by atoms with Crippen LogP contribution in [-0.2, 0) is 4.79 Å². The van der Waals surface area contributed by atoms with Gasteiger partial charge in [-0.1, -0.05) is 18.3 Å². The summed E-state index contributed by atoms with van der Waals surface area (Å²) in [4.78, 5) is 13.4. The minimum absolute atomic E-state index is 0.0700. The maximum Gasteiger partial charge on any atom is 0.174 e. The average Bonchev–Trinajstić information content (AvgIpc) is 2.00. The molecule has 0 unspecified atom stereocenters. The standard InChI is InChI=1S/C11H14OS2/c1-6-5-11(3,4)10(12)8(7(2)13)9(6)14/h5,14H,1-4H3. The Morgan fingerprint density at radius 1 is 1.50 bits per heavy atom. The van der Waals surface area contributed by atoms with Gasteiger partial charge in [-0.2, -0.15) is 0 Å². The van der Waals surface area contributed by atoms with Crippen LogP contribution in [0.3, 0.4) is 0 Å². The van der Waals surface area contributed by atoms with Crippen molar-refractivity contribution in [3.8, 4) is 0 Å². The third-order valence-electron chi connectivity index (χ3n) is 2.35. The first-order chi connectivity index (χ1) is 6.27. The highest BCUT2D eigenvalue weighted by Gasteiger charge is 2.34. The molecule has 14 heavy (non-hydrogen) atoms. The number of carbonyl (C=O) groups is 1. The Balaban J connectivity index is 3.38. The first-order valence-corrected chi connectivity index (χ1v) is 5.31. The van der Waals surface area contributed by atoms with Gasteiger partial charge in [-0.3, -0.25) is 4.79 Å². The Morgan fingerprint density at radius 3 is 2.43 bits per heavy atom. The highest BCUT2D eigenvalue weighted by Crippen LogP contribution is 2.36. The molecule has 0 aromatic carbocycles. The maximum absolute atomic E-state index is 12.0. The average molecular weight is 226 g/mol. The number of rotatable bonds is 1. The van der Waals surface area contributed by atoms with Gasteiger partial charge in [0.05, 0.1) is 0 Å². The van der Waals surface area contributed by atoms with Crippen LogP contribution in [0.25, 0.3) is 0 Å². The third kappa shape index (κ3) is 1.84. The van der Waals surface area contributed by atoms with Crippen LogP contribution in [0.2, 0.25) is 0 Å². The van der Waals surface area contributed by atoms with Crippen molar-refractivity contribution in [1.82, 2.24) is 0 Å². The number of ketones is 1. The van der Waals surface area contributed by atoms with E-state index in [1.54, 1.807) is 6.92 Å². The van der Waals surface area contributed by atoms with Gasteiger partial charge in [0.1, 0.15) is 0 Å². The molecule has 0 aromatic heterocycles. The van der Waals surface area contributed by atoms with Crippen molar-refractivity contribution in [2.45, 2.75) is 27.7 Å². The van der Waals surface area contributed by atoms with Gasteiger partial charge < -0.3 is 0 Å². The summed E-state index contributed by atoms with van der Waals surface area (Å²) >= 11 is 9.40. The van der Waals surface area contributed by atoms with E-state index < -0.39 is 5.41 Å². The number of thiocarbonyl (C=S) groups is 1. The molecule has 0 aliphatic heterocycles. The van der Waals surface area contributed by atoms with Gasteiger partial charge in [-0.25, -0.2) is 0 Å². The second-order valence-corrected chi connectivity index (χ2v) is 5.22. The lowest BCUT2D eigenvalue weighted by Crippen LogP contribution is -2.30. The molecule has 3 heteroatoms. The molecule has 0 bridgehead atoms. The van der Waals surface area contributed by atoms with Crippen LogP contribution in [0.5, 0.6) is 0 Å². The molecule has 0 aromatic rings. The normalized spacial score (nSPS) is 20.9. The Morgan fingerprint density at radius 2 is 2.00 bits per heavy atom. The summed E-state index contributed by atoms with van der Waals surface area (Å²) in [6.45, 7) is 7.52. The molecule has 76 valence electrons. The van der Waals surface area contributed by atoms with Crippen LogP contribution in [0.15, 0.2) is 22.1 Å². The first-order valence-electron chi connectivity index (χ1n) is 4.46. The molecule has 1 aliphatic rings. The van der Waals surface area contributed by atoms with E-state index in [-0.39, 0.29) is 5.78 Å². The predicted octanol–water partition coefficient (Wildman–Crippen LogP) is 3.12. The quantitative estimate of drug-likeness (QED) is 0.546. The molecule has 0 fully saturated rings. The van der Waals surface area contributed by atoms with E-state index in [0.717, 1.165) is 10.5 Å². The van der Waals surface area contributed by atoms with Crippen molar-refractivity contribution >= 4 is 35.5 Å². The molecule has 0 heterocycles. The van der Waals surface area contributed by atoms with Gasteiger partial charge in [0, 0.05) is 20.8 Å². The molecule has 0 radical (unpaired) electrons. The van der Waals surface area contributed by atoms with Gasteiger partial charge >= 0.3 is 0 Å². The van der Waals surface area contributed by atoms with Gasteiger partial charge in [0.25, 0.3) is 0 Å². The molecular weight excluding hydrogens is 212 g/mol. The molecule has 0 amide bonds. The number of Topliss-reactive ketones (excluding diaryl/α,β-unsaturated/α-hetero) is 1. The summed E-state index contributed by atoms with van der Waals surface area (Å²) in [5.41, 5.74) is 1.18. The summed E-state index contributed by atoms with van der Waals surface area (Å²) in [6.07, 6.45) is 1.94. The van der Waals surface area contributed by atoms with Gasteiger partial charge in [-0.05, 0) is 33.3 Å². The fourth-order valence-electron chi connectivity index (χ4n) is 1.63. The summed E-state index contributed by atoms with van der Waals surface area (Å²) < 4.78 is 0. The molecular formula is C11H14OS2. The Labute approximate surface area is 95.7 Å². The third-order valence-corrected chi connectivity index (χ3v) is 3.13. The van der Waals surface area contributed by atoms with E-state index >= 15 is 0 Å². The molecule has 1 nitrogen and oxygen atoms in total. The highest BCUT2D eigenvalue weighted by atomic mass is 32.1. The van der Waals surface area contributed by atoms with Crippen LogP contribution in [-0.4, -0.2) is 10.6 Å². The lowest BCUT2D eigenvalue weighted by atomic mass is 9.77. The van der Waals surface area contributed by atoms with Crippen molar-refractivity contribution < 1.29 is 4.79 Å². The number of hydrogen-bond acceptors (Lipinski definition) is 3. The van der Waals surface area contributed by atoms with Crippen LogP contribution in [0.1, 0.15) is 27.7 Å². The first kappa shape index (κ1) is 11.7. The summed E-state index contributed by atoms with van der Waals surface area (Å²) in [5.74, 6) is 0.0700. The topological polar surface area (TPSA) is 17.1 Å². The van der Waals surface area contributed by atoms with Gasteiger partial charge in [-0.15, -0.1) is 12.6 Å². The van der Waals surface area contributed by atoms with E-state index in [4.69, 9.17) is 12.2 Å². The fraction of sp³-hybridized carbons (Fsp3) is 0.455. The molecule has 1 rings (SSSR count). The summed E-state index contributed by atoms with van der Waals surface area (Å²) in [7, 11) is 0.